The van der Waals surface area contributed by atoms with Crippen LogP contribution in [0.3, 0.4) is 0 Å². The highest BCUT2D eigenvalue weighted by molar-refractivity contribution is 5.70. The van der Waals surface area contributed by atoms with Crippen LogP contribution in [0.25, 0.3) is 0 Å². The third kappa shape index (κ3) is 3.85. The first-order chi connectivity index (χ1) is 9.54. The van der Waals surface area contributed by atoms with Crippen molar-refractivity contribution in [2.45, 2.75) is 26.9 Å². The van der Waals surface area contributed by atoms with E-state index in [0.717, 1.165) is 22.4 Å². The Labute approximate surface area is 118 Å². The van der Waals surface area contributed by atoms with Gasteiger partial charge in [0.15, 0.2) is 0 Å². The summed E-state index contributed by atoms with van der Waals surface area (Å²) in [4.78, 5) is 10.7. The van der Waals surface area contributed by atoms with Crippen LogP contribution in [-0.2, 0) is 17.8 Å². The van der Waals surface area contributed by atoms with Crippen LogP contribution in [0, 0.1) is 13.8 Å². The summed E-state index contributed by atoms with van der Waals surface area (Å²) in [6.07, 6.45) is 0.0408. The summed E-state index contributed by atoms with van der Waals surface area (Å²) in [6.45, 7) is 4.49. The zero-order valence-corrected chi connectivity index (χ0v) is 11.7. The van der Waals surface area contributed by atoms with Gasteiger partial charge in [-0.1, -0.05) is 42.0 Å². The molecule has 0 bridgehead atoms. The van der Waals surface area contributed by atoms with Crippen molar-refractivity contribution in [3.63, 3.8) is 0 Å². The van der Waals surface area contributed by atoms with E-state index in [2.05, 4.69) is 19.1 Å². The normalized spacial score (nSPS) is 10.3. The zero-order valence-electron chi connectivity index (χ0n) is 11.7. The number of ether oxygens (including phenoxy) is 1. The number of carboxylic acids is 1. The van der Waals surface area contributed by atoms with E-state index in [1.807, 2.05) is 31.2 Å². The first kappa shape index (κ1) is 14.1. The lowest BCUT2D eigenvalue weighted by atomic mass is 10.1. The lowest BCUT2D eigenvalue weighted by Gasteiger charge is -2.10. The highest BCUT2D eigenvalue weighted by Crippen LogP contribution is 2.21. The molecule has 1 N–H and O–H groups in total. The molecular weight excluding hydrogens is 252 g/mol. The molecule has 104 valence electrons. The summed E-state index contributed by atoms with van der Waals surface area (Å²) in [7, 11) is 0. The van der Waals surface area contributed by atoms with Crippen LogP contribution >= 0.6 is 0 Å². The molecule has 0 unspecified atom stereocenters. The van der Waals surface area contributed by atoms with Crippen LogP contribution in [-0.4, -0.2) is 11.1 Å². The molecule has 3 nitrogen and oxygen atoms in total. The molecule has 0 aliphatic rings. The lowest BCUT2D eigenvalue weighted by molar-refractivity contribution is -0.136. The molecule has 0 amide bonds. The fraction of sp³-hybridized carbons (Fsp3) is 0.235. The van der Waals surface area contributed by atoms with E-state index in [1.54, 1.807) is 6.07 Å². The molecule has 0 atom stereocenters. The standard InChI is InChI=1S/C17H18O3/c1-12-3-5-14(6-4-12)11-20-16-8-7-15(9-13(16)2)10-17(18)19/h3-9H,10-11H2,1-2H3,(H,18,19). The molecular formula is C17H18O3. The average molecular weight is 270 g/mol. The minimum atomic E-state index is -0.822. The van der Waals surface area contributed by atoms with E-state index in [0.29, 0.717) is 6.61 Å². The molecule has 0 heterocycles. The molecule has 0 radical (unpaired) electrons. The summed E-state index contributed by atoms with van der Waals surface area (Å²) in [6, 6.07) is 13.7. The van der Waals surface area contributed by atoms with Crippen molar-refractivity contribution in [1.29, 1.82) is 0 Å². The highest BCUT2D eigenvalue weighted by atomic mass is 16.5. The number of benzene rings is 2. The van der Waals surface area contributed by atoms with Gasteiger partial charge in [-0.15, -0.1) is 0 Å². The van der Waals surface area contributed by atoms with Crippen LogP contribution in [0.4, 0.5) is 0 Å². The SMILES string of the molecule is Cc1ccc(COc2ccc(CC(=O)O)cc2C)cc1. The molecule has 0 fully saturated rings. The van der Waals surface area contributed by atoms with Crippen molar-refractivity contribution in [1.82, 2.24) is 0 Å². The van der Waals surface area contributed by atoms with Gasteiger partial charge >= 0.3 is 5.97 Å². The molecule has 2 rings (SSSR count). The Balaban J connectivity index is 2.02. The Hall–Kier alpha value is -2.29. The third-order valence-electron chi connectivity index (χ3n) is 3.11. The van der Waals surface area contributed by atoms with Crippen molar-refractivity contribution in [2.75, 3.05) is 0 Å². The number of carboxylic acid groups (broad SMARTS) is 1. The Morgan fingerprint density at radius 1 is 1.05 bits per heavy atom. The second kappa shape index (κ2) is 6.24. The molecule has 0 aromatic heterocycles. The maximum absolute atomic E-state index is 10.7. The van der Waals surface area contributed by atoms with Gasteiger partial charge in [0.05, 0.1) is 6.42 Å². The van der Waals surface area contributed by atoms with Crippen molar-refractivity contribution in [2.24, 2.45) is 0 Å². The first-order valence-corrected chi connectivity index (χ1v) is 6.54. The molecule has 0 spiro atoms. The Morgan fingerprint density at radius 3 is 2.30 bits per heavy atom. The van der Waals surface area contributed by atoms with Crippen LogP contribution in [0.2, 0.25) is 0 Å². The number of aryl methyl sites for hydroxylation is 2. The maximum Gasteiger partial charge on any atom is 0.307 e. The minimum Gasteiger partial charge on any atom is -0.489 e. The lowest BCUT2D eigenvalue weighted by Crippen LogP contribution is -2.01. The number of hydrogen-bond donors (Lipinski definition) is 1. The van der Waals surface area contributed by atoms with E-state index in [4.69, 9.17) is 9.84 Å². The van der Waals surface area contributed by atoms with E-state index in [-0.39, 0.29) is 6.42 Å². The highest BCUT2D eigenvalue weighted by Gasteiger charge is 2.05. The smallest absolute Gasteiger partial charge is 0.307 e. The number of aliphatic carboxylic acids is 1. The predicted molar refractivity (Wildman–Crippen MR) is 78.0 cm³/mol. The summed E-state index contributed by atoms with van der Waals surface area (Å²) in [5.41, 5.74) is 4.08. The fourth-order valence-electron chi connectivity index (χ4n) is 2.00. The predicted octanol–water partition coefficient (Wildman–Crippen LogP) is 3.51. The van der Waals surface area contributed by atoms with Gasteiger partial charge in [0.25, 0.3) is 0 Å². The van der Waals surface area contributed by atoms with Gasteiger partial charge in [0.1, 0.15) is 12.4 Å². The Morgan fingerprint density at radius 2 is 1.70 bits per heavy atom. The van der Waals surface area contributed by atoms with E-state index in [1.165, 1.54) is 5.56 Å². The van der Waals surface area contributed by atoms with Gasteiger partial charge in [-0.2, -0.15) is 0 Å². The molecule has 2 aromatic rings. The minimum absolute atomic E-state index is 0.0408. The molecule has 20 heavy (non-hydrogen) atoms. The van der Waals surface area contributed by atoms with Crippen LogP contribution < -0.4 is 4.74 Å². The number of hydrogen-bond acceptors (Lipinski definition) is 2. The van der Waals surface area contributed by atoms with Crippen molar-refractivity contribution in [3.05, 3.63) is 64.7 Å². The van der Waals surface area contributed by atoms with Gasteiger partial charge in [-0.05, 0) is 36.6 Å². The Kier molecular flexibility index (Phi) is 4.41. The quantitative estimate of drug-likeness (QED) is 0.904. The van der Waals surface area contributed by atoms with E-state index < -0.39 is 5.97 Å². The molecule has 0 aliphatic carbocycles. The van der Waals surface area contributed by atoms with E-state index >= 15 is 0 Å². The van der Waals surface area contributed by atoms with Crippen molar-refractivity contribution >= 4 is 5.97 Å². The van der Waals surface area contributed by atoms with Gasteiger partial charge in [0, 0.05) is 0 Å². The average Bonchev–Trinajstić information content (AvgIpc) is 2.39. The second-order valence-corrected chi connectivity index (χ2v) is 4.94. The number of rotatable bonds is 5. The topological polar surface area (TPSA) is 46.5 Å². The third-order valence-corrected chi connectivity index (χ3v) is 3.11. The van der Waals surface area contributed by atoms with Gasteiger partial charge < -0.3 is 9.84 Å². The number of carbonyl (C=O) groups is 1. The summed E-state index contributed by atoms with van der Waals surface area (Å²) >= 11 is 0. The van der Waals surface area contributed by atoms with Gasteiger partial charge in [-0.3, -0.25) is 4.79 Å². The van der Waals surface area contributed by atoms with Gasteiger partial charge in [0.2, 0.25) is 0 Å². The molecule has 0 saturated heterocycles. The zero-order chi connectivity index (χ0) is 14.5. The largest absolute Gasteiger partial charge is 0.489 e. The van der Waals surface area contributed by atoms with Crippen LogP contribution in [0.15, 0.2) is 42.5 Å². The fourth-order valence-corrected chi connectivity index (χ4v) is 2.00. The summed E-state index contributed by atoms with van der Waals surface area (Å²) in [5, 5.41) is 8.77. The molecule has 2 aromatic carbocycles. The maximum atomic E-state index is 10.7. The summed E-state index contributed by atoms with van der Waals surface area (Å²) in [5.74, 6) is -0.0302. The molecule has 0 aliphatic heterocycles. The van der Waals surface area contributed by atoms with Crippen LogP contribution in [0.1, 0.15) is 22.3 Å². The molecule has 3 heteroatoms. The van der Waals surface area contributed by atoms with Gasteiger partial charge in [-0.25, -0.2) is 0 Å². The first-order valence-electron chi connectivity index (χ1n) is 6.54. The Bertz CT molecular complexity index is 600. The second-order valence-electron chi connectivity index (χ2n) is 4.94. The van der Waals surface area contributed by atoms with E-state index in [9.17, 15) is 4.79 Å². The van der Waals surface area contributed by atoms with Crippen molar-refractivity contribution < 1.29 is 14.6 Å². The molecule has 0 saturated carbocycles. The summed E-state index contributed by atoms with van der Waals surface area (Å²) < 4.78 is 5.78. The van der Waals surface area contributed by atoms with Crippen molar-refractivity contribution in [3.8, 4) is 5.75 Å². The monoisotopic (exact) mass is 270 g/mol. The van der Waals surface area contributed by atoms with Crippen LogP contribution in [0.5, 0.6) is 5.75 Å².